The van der Waals surface area contributed by atoms with E-state index in [-0.39, 0.29) is 0 Å². The van der Waals surface area contributed by atoms with Crippen LogP contribution in [0, 0.1) is 0 Å². The van der Waals surface area contributed by atoms with Crippen molar-refractivity contribution in [3.8, 4) is 17.1 Å². The predicted molar refractivity (Wildman–Crippen MR) is 76.4 cm³/mol. The van der Waals surface area contributed by atoms with E-state index in [0.717, 1.165) is 30.1 Å². The van der Waals surface area contributed by atoms with Gasteiger partial charge in [-0.2, -0.15) is 5.10 Å². The largest absolute Gasteiger partial charge is 0.496 e. The molecule has 0 fully saturated rings. The molecule has 0 amide bonds. The van der Waals surface area contributed by atoms with E-state index in [1.165, 1.54) is 0 Å². The fourth-order valence-corrected chi connectivity index (χ4v) is 2.08. The highest BCUT2D eigenvalue weighted by Crippen LogP contribution is 2.35. The Morgan fingerprint density at radius 1 is 1.42 bits per heavy atom. The fourth-order valence-electron chi connectivity index (χ4n) is 1.91. The zero-order chi connectivity index (χ0) is 14.0. The highest BCUT2D eigenvalue weighted by Gasteiger charge is 2.15. The Bertz CT molecular complexity index is 595. The normalized spacial score (nSPS) is 10.7. The van der Waals surface area contributed by atoms with E-state index in [4.69, 9.17) is 22.1 Å². The summed E-state index contributed by atoms with van der Waals surface area (Å²) in [5.41, 5.74) is 7.05. The lowest BCUT2D eigenvalue weighted by molar-refractivity contribution is 0.416. The van der Waals surface area contributed by atoms with Gasteiger partial charge < -0.3 is 10.5 Å². The van der Waals surface area contributed by atoms with E-state index in [1.54, 1.807) is 23.9 Å². The molecule has 2 aromatic rings. The summed E-state index contributed by atoms with van der Waals surface area (Å²) in [6.45, 7) is 2.09. The van der Waals surface area contributed by atoms with Gasteiger partial charge in [-0.3, -0.25) is 0 Å². The topological polar surface area (TPSA) is 66.0 Å². The molecule has 0 aliphatic carbocycles. The number of halogens is 1. The second-order valence-electron chi connectivity index (χ2n) is 4.30. The molecule has 0 atom stereocenters. The summed E-state index contributed by atoms with van der Waals surface area (Å²) < 4.78 is 7.07. The number of methoxy groups -OCH3 is 1. The lowest BCUT2D eigenvalue weighted by Crippen LogP contribution is -1.98. The van der Waals surface area contributed by atoms with E-state index >= 15 is 0 Å². The molecule has 0 aliphatic heterocycles. The number of anilines is 1. The van der Waals surface area contributed by atoms with Crippen LogP contribution in [0.4, 0.5) is 5.69 Å². The van der Waals surface area contributed by atoms with Crippen LogP contribution < -0.4 is 10.5 Å². The van der Waals surface area contributed by atoms with Gasteiger partial charge >= 0.3 is 0 Å². The van der Waals surface area contributed by atoms with E-state index in [2.05, 4.69) is 17.0 Å². The first-order valence-electron chi connectivity index (χ1n) is 6.10. The van der Waals surface area contributed by atoms with Gasteiger partial charge in [-0.15, -0.1) is 0 Å². The van der Waals surface area contributed by atoms with Gasteiger partial charge in [0.25, 0.3) is 0 Å². The smallest absolute Gasteiger partial charge is 0.161 e. The summed E-state index contributed by atoms with van der Waals surface area (Å²) in [7, 11) is 3.45. The number of nitrogen functional groups attached to an aromatic ring is 1. The Morgan fingerprint density at radius 3 is 2.79 bits per heavy atom. The van der Waals surface area contributed by atoms with Crippen molar-refractivity contribution in [1.29, 1.82) is 0 Å². The highest BCUT2D eigenvalue weighted by molar-refractivity contribution is 6.33. The first kappa shape index (κ1) is 13.7. The molecular formula is C13H17ClN4O. The number of hydrogen-bond donors (Lipinski definition) is 1. The lowest BCUT2D eigenvalue weighted by atomic mass is 10.1. The number of nitrogens with two attached hydrogens (primary N) is 1. The third kappa shape index (κ3) is 2.66. The average Bonchev–Trinajstić information content (AvgIpc) is 2.73. The third-order valence-corrected chi connectivity index (χ3v) is 3.17. The lowest BCUT2D eigenvalue weighted by Gasteiger charge is -2.09. The molecule has 0 saturated carbocycles. The molecule has 6 heteroatoms. The second-order valence-corrected chi connectivity index (χ2v) is 4.71. The monoisotopic (exact) mass is 280 g/mol. The SMILES string of the molecule is CCCc1nc(-c2cc(Cl)c(N)cc2OC)n(C)n1. The summed E-state index contributed by atoms with van der Waals surface area (Å²) in [6, 6.07) is 3.46. The van der Waals surface area contributed by atoms with E-state index in [1.807, 2.05) is 7.05 Å². The van der Waals surface area contributed by atoms with Crippen molar-refractivity contribution in [1.82, 2.24) is 14.8 Å². The van der Waals surface area contributed by atoms with E-state index in [9.17, 15) is 0 Å². The molecule has 1 aromatic carbocycles. The number of benzene rings is 1. The zero-order valence-corrected chi connectivity index (χ0v) is 12.0. The maximum atomic E-state index is 6.07. The Labute approximate surface area is 117 Å². The Balaban J connectivity index is 2.54. The van der Waals surface area contributed by atoms with Gasteiger partial charge in [-0.1, -0.05) is 18.5 Å². The molecule has 0 radical (unpaired) electrons. The zero-order valence-electron chi connectivity index (χ0n) is 11.3. The van der Waals surface area contributed by atoms with Gasteiger partial charge in [0.2, 0.25) is 0 Å². The minimum absolute atomic E-state index is 0.482. The number of hydrogen-bond acceptors (Lipinski definition) is 4. The maximum absolute atomic E-state index is 6.07. The maximum Gasteiger partial charge on any atom is 0.161 e. The standard InChI is InChI=1S/C13H17ClN4O/c1-4-5-12-16-13(18(2)17-12)8-6-9(14)10(15)7-11(8)19-3/h6-7H,4-5,15H2,1-3H3. The molecule has 0 aliphatic rings. The molecule has 0 unspecified atom stereocenters. The molecule has 2 N–H and O–H groups in total. The summed E-state index contributed by atoms with van der Waals surface area (Å²) in [4.78, 5) is 4.52. The highest BCUT2D eigenvalue weighted by atomic mass is 35.5. The van der Waals surface area contributed by atoms with Crippen LogP contribution in [0.3, 0.4) is 0 Å². The van der Waals surface area contributed by atoms with Crippen molar-refractivity contribution in [2.75, 3.05) is 12.8 Å². The van der Waals surface area contributed by atoms with Crippen molar-refractivity contribution >= 4 is 17.3 Å². The first-order chi connectivity index (χ1) is 9.06. The van der Waals surface area contributed by atoms with Gasteiger partial charge in [0.15, 0.2) is 11.6 Å². The van der Waals surface area contributed by atoms with Gasteiger partial charge in [0.05, 0.1) is 23.4 Å². The van der Waals surface area contributed by atoms with Crippen molar-refractivity contribution in [3.05, 3.63) is 23.0 Å². The minimum Gasteiger partial charge on any atom is -0.496 e. The number of nitrogens with zero attached hydrogens (tertiary/aromatic N) is 3. The number of ether oxygens (including phenoxy) is 1. The van der Waals surface area contributed by atoms with E-state index in [0.29, 0.717) is 16.5 Å². The fraction of sp³-hybridized carbons (Fsp3) is 0.385. The minimum atomic E-state index is 0.482. The summed E-state index contributed by atoms with van der Waals surface area (Å²) in [6.07, 6.45) is 1.85. The molecule has 1 heterocycles. The van der Waals surface area contributed by atoms with Gasteiger partial charge in [0, 0.05) is 19.5 Å². The Morgan fingerprint density at radius 2 is 2.16 bits per heavy atom. The Hall–Kier alpha value is -1.75. The van der Waals surface area contributed by atoms with Crippen molar-refractivity contribution in [2.24, 2.45) is 7.05 Å². The average molecular weight is 281 g/mol. The summed E-state index contributed by atoms with van der Waals surface area (Å²) in [5, 5.41) is 4.86. The van der Waals surface area contributed by atoms with Crippen molar-refractivity contribution in [3.63, 3.8) is 0 Å². The second kappa shape index (κ2) is 5.48. The molecule has 0 spiro atoms. The van der Waals surface area contributed by atoms with Crippen molar-refractivity contribution in [2.45, 2.75) is 19.8 Å². The quantitative estimate of drug-likeness (QED) is 0.875. The van der Waals surface area contributed by atoms with Crippen LogP contribution in [-0.4, -0.2) is 21.9 Å². The first-order valence-corrected chi connectivity index (χ1v) is 6.47. The van der Waals surface area contributed by atoms with Crippen LogP contribution in [-0.2, 0) is 13.5 Å². The Kier molecular flexibility index (Phi) is 3.95. The van der Waals surface area contributed by atoms with Crippen molar-refractivity contribution < 1.29 is 4.74 Å². The van der Waals surface area contributed by atoms with Gasteiger partial charge in [-0.05, 0) is 12.5 Å². The molecule has 0 bridgehead atoms. The predicted octanol–water partition coefficient (Wildman–Crippen LogP) is 2.68. The number of rotatable bonds is 4. The summed E-state index contributed by atoms with van der Waals surface area (Å²) >= 11 is 6.07. The molecule has 1 aromatic heterocycles. The van der Waals surface area contributed by atoms with Crippen LogP contribution in [0.2, 0.25) is 5.02 Å². The van der Waals surface area contributed by atoms with Gasteiger partial charge in [0.1, 0.15) is 5.75 Å². The third-order valence-electron chi connectivity index (χ3n) is 2.84. The molecular weight excluding hydrogens is 264 g/mol. The molecule has 19 heavy (non-hydrogen) atoms. The summed E-state index contributed by atoms with van der Waals surface area (Å²) in [5.74, 6) is 2.18. The van der Waals surface area contributed by atoms with Crippen LogP contribution in [0.15, 0.2) is 12.1 Å². The molecule has 102 valence electrons. The molecule has 5 nitrogen and oxygen atoms in total. The van der Waals surface area contributed by atoms with Gasteiger partial charge in [-0.25, -0.2) is 9.67 Å². The van der Waals surface area contributed by atoms with Crippen LogP contribution in [0.25, 0.3) is 11.4 Å². The number of aromatic nitrogens is 3. The van der Waals surface area contributed by atoms with Crippen LogP contribution in [0.5, 0.6) is 5.75 Å². The molecule has 2 rings (SSSR count). The molecule has 0 saturated heterocycles. The van der Waals surface area contributed by atoms with E-state index < -0.39 is 0 Å². The number of aryl methyl sites for hydroxylation is 2. The van der Waals surface area contributed by atoms with Crippen LogP contribution >= 0.6 is 11.6 Å². The van der Waals surface area contributed by atoms with Crippen LogP contribution in [0.1, 0.15) is 19.2 Å².